The van der Waals surface area contributed by atoms with Crippen LogP contribution in [0.5, 0.6) is 23.0 Å². The molecule has 10 heteroatoms. The van der Waals surface area contributed by atoms with Crippen molar-refractivity contribution in [3.63, 3.8) is 0 Å². The SMILES string of the molecule is CCOP(=O)(CCCOc1ccccc1)COc1ccc(CCNC[C@H](O)COc2ccc(O)c(CO)c2)cc1. The van der Waals surface area contributed by atoms with Gasteiger partial charge in [-0.05, 0) is 74.3 Å². The minimum Gasteiger partial charge on any atom is -0.508 e. The Kier molecular flexibility index (Phi) is 13.3. The van der Waals surface area contributed by atoms with Crippen molar-refractivity contribution in [3.8, 4) is 23.0 Å². The van der Waals surface area contributed by atoms with Crippen molar-refractivity contribution >= 4 is 7.37 Å². The van der Waals surface area contributed by atoms with Crippen LogP contribution in [0.1, 0.15) is 24.5 Å². The maximum absolute atomic E-state index is 13.2. The Bertz CT molecular complexity index is 1180. The van der Waals surface area contributed by atoms with E-state index in [9.17, 15) is 19.9 Å². The minimum absolute atomic E-state index is 0.00265. The average molecular weight is 574 g/mol. The van der Waals surface area contributed by atoms with Gasteiger partial charge in [0.25, 0.3) is 0 Å². The smallest absolute Gasteiger partial charge is 0.239 e. The van der Waals surface area contributed by atoms with Crippen LogP contribution in [0.15, 0.2) is 72.8 Å². The van der Waals surface area contributed by atoms with Gasteiger partial charge in [-0.15, -0.1) is 0 Å². The quantitative estimate of drug-likeness (QED) is 0.120. The van der Waals surface area contributed by atoms with E-state index in [2.05, 4.69) is 5.32 Å². The zero-order valence-electron chi connectivity index (χ0n) is 22.9. The van der Waals surface area contributed by atoms with Crippen LogP contribution in [0.2, 0.25) is 0 Å². The molecule has 0 fully saturated rings. The normalized spacial score (nSPS) is 13.4. The van der Waals surface area contributed by atoms with Crippen LogP contribution < -0.4 is 19.5 Å². The van der Waals surface area contributed by atoms with E-state index in [1.165, 1.54) is 6.07 Å². The minimum atomic E-state index is -2.95. The summed E-state index contributed by atoms with van der Waals surface area (Å²) in [5, 5.41) is 32.2. The van der Waals surface area contributed by atoms with Gasteiger partial charge in [-0.3, -0.25) is 4.57 Å². The fourth-order valence-corrected chi connectivity index (χ4v) is 5.63. The van der Waals surface area contributed by atoms with Gasteiger partial charge in [0.2, 0.25) is 7.37 Å². The second-order valence-electron chi connectivity index (χ2n) is 9.26. The number of aliphatic hydroxyl groups excluding tert-OH is 2. The van der Waals surface area contributed by atoms with Crippen molar-refractivity contribution in [3.05, 3.63) is 83.9 Å². The standard InChI is InChI=1S/C30H40NO8P/c1-2-39-40(35,18-6-17-36-27-7-4-3-5-8-27)23-38-28-11-9-24(10-12-28)15-16-31-20-26(33)22-37-29-13-14-30(34)25(19-29)21-32/h3-5,7-14,19,26,31-34H,2,6,15-18,20-23H2,1H3/t26-,40?/m0/s1. The van der Waals surface area contributed by atoms with Gasteiger partial charge in [-0.25, -0.2) is 0 Å². The number of aromatic hydroxyl groups is 1. The van der Waals surface area contributed by atoms with E-state index in [1.54, 1.807) is 12.1 Å². The largest absolute Gasteiger partial charge is 0.508 e. The summed E-state index contributed by atoms with van der Waals surface area (Å²) in [4.78, 5) is 0. The van der Waals surface area contributed by atoms with Crippen molar-refractivity contribution < 1.29 is 38.6 Å². The van der Waals surface area contributed by atoms with Gasteiger partial charge in [-0.1, -0.05) is 30.3 Å². The molecular weight excluding hydrogens is 533 g/mol. The van der Waals surface area contributed by atoms with Crippen molar-refractivity contribution in [2.75, 3.05) is 45.4 Å². The molecule has 4 N–H and O–H groups in total. The highest BCUT2D eigenvalue weighted by Gasteiger charge is 2.23. The molecule has 0 aliphatic rings. The summed E-state index contributed by atoms with van der Waals surface area (Å²) in [7, 11) is -2.95. The average Bonchev–Trinajstić information content (AvgIpc) is 2.97. The monoisotopic (exact) mass is 573 g/mol. The van der Waals surface area contributed by atoms with Crippen LogP contribution in [0.3, 0.4) is 0 Å². The van der Waals surface area contributed by atoms with Gasteiger partial charge in [0.15, 0.2) is 6.35 Å². The molecular formula is C30H40NO8P. The molecule has 1 unspecified atom stereocenters. The summed E-state index contributed by atoms with van der Waals surface area (Å²) < 4.78 is 35.8. The molecule has 2 atom stereocenters. The molecule has 0 aliphatic heterocycles. The predicted molar refractivity (Wildman–Crippen MR) is 155 cm³/mol. The van der Waals surface area contributed by atoms with Crippen LogP contribution in [-0.2, 0) is 22.1 Å². The molecule has 0 saturated heterocycles. The first-order chi connectivity index (χ1) is 19.4. The first-order valence-corrected chi connectivity index (χ1v) is 15.5. The van der Waals surface area contributed by atoms with E-state index >= 15 is 0 Å². The lowest BCUT2D eigenvalue weighted by molar-refractivity contribution is 0.106. The summed E-state index contributed by atoms with van der Waals surface area (Å²) >= 11 is 0. The molecule has 3 aromatic rings. The Morgan fingerprint density at radius 1 is 0.925 bits per heavy atom. The number of hydrogen-bond acceptors (Lipinski definition) is 9. The highest BCUT2D eigenvalue weighted by molar-refractivity contribution is 7.58. The number of ether oxygens (including phenoxy) is 3. The number of para-hydroxylation sites is 1. The maximum atomic E-state index is 13.2. The molecule has 0 heterocycles. The summed E-state index contributed by atoms with van der Waals surface area (Å²) in [5.41, 5.74) is 1.46. The highest BCUT2D eigenvalue weighted by Crippen LogP contribution is 2.47. The van der Waals surface area contributed by atoms with Crippen LogP contribution in [0.4, 0.5) is 0 Å². The van der Waals surface area contributed by atoms with Gasteiger partial charge >= 0.3 is 0 Å². The second-order valence-corrected chi connectivity index (χ2v) is 11.8. The van der Waals surface area contributed by atoms with E-state index in [1.807, 2.05) is 61.5 Å². The number of rotatable bonds is 19. The summed E-state index contributed by atoms with van der Waals surface area (Å²) in [6.45, 7) is 3.45. The molecule has 3 aromatic carbocycles. The second kappa shape index (κ2) is 16.9. The lowest BCUT2D eigenvalue weighted by Crippen LogP contribution is -2.32. The van der Waals surface area contributed by atoms with Crippen molar-refractivity contribution in [1.29, 1.82) is 0 Å². The zero-order valence-corrected chi connectivity index (χ0v) is 23.8. The van der Waals surface area contributed by atoms with E-state index in [4.69, 9.17) is 18.7 Å². The first kappa shape index (κ1) is 31.5. The van der Waals surface area contributed by atoms with Gasteiger partial charge in [0, 0.05) is 18.3 Å². The molecule has 218 valence electrons. The Balaban J connectivity index is 1.33. The number of benzene rings is 3. The molecule has 0 amide bonds. The Hall–Kier alpha value is -3.07. The van der Waals surface area contributed by atoms with E-state index in [-0.39, 0.29) is 25.3 Å². The number of phenols is 1. The van der Waals surface area contributed by atoms with Crippen LogP contribution >= 0.6 is 7.37 Å². The fraction of sp³-hybridized carbons (Fsp3) is 0.400. The number of hydrogen-bond donors (Lipinski definition) is 4. The fourth-order valence-electron chi connectivity index (χ4n) is 3.87. The molecule has 0 radical (unpaired) electrons. The van der Waals surface area contributed by atoms with Crippen molar-refractivity contribution in [2.24, 2.45) is 0 Å². The van der Waals surface area contributed by atoms with Gasteiger partial charge < -0.3 is 39.4 Å². The molecule has 3 rings (SSSR count). The number of aliphatic hydroxyl groups is 2. The van der Waals surface area contributed by atoms with Gasteiger partial charge in [-0.2, -0.15) is 0 Å². The summed E-state index contributed by atoms with van der Waals surface area (Å²) in [6, 6.07) is 21.7. The van der Waals surface area contributed by atoms with Crippen molar-refractivity contribution in [1.82, 2.24) is 5.32 Å². The van der Waals surface area contributed by atoms with E-state index in [0.29, 0.717) is 55.9 Å². The predicted octanol–water partition coefficient (Wildman–Crippen LogP) is 4.58. The molecule has 0 saturated carbocycles. The zero-order chi connectivity index (χ0) is 28.6. The van der Waals surface area contributed by atoms with Crippen LogP contribution in [0, 0.1) is 0 Å². The summed E-state index contributed by atoms with van der Waals surface area (Å²) in [6.07, 6.45) is 1.03. The lowest BCUT2D eigenvalue weighted by Gasteiger charge is -2.19. The Labute approximate surface area is 236 Å². The molecule has 0 aliphatic carbocycles. The van der Waals surface area contributed by atoms with Crippen molar-refractivity contribution in [2.45, 2.75) is 32.5 Å². The molecule has 9 nitrogen and oxygen atoms in total. The lowest BCUT2D eigenvalue weighted by atomic mass is 10.1. The van der Waals surface area contributed by atoms with E-state index < -0.39 is 13.5 Å². The first-order valence-electron chi connectivity index (χ1n) is 13.5. The molecule has 40 heavy (non-hydrogen) atoms. The third kappa shape index (κ3) is 11.2. The van der Waals surface area contributed by atoms with E-state index in [0.717, 1.165) is 17.7 Å². The molecule has 0 spiro atoms. The van der Waals surface area contributed by atoms with Gasteiger partial charge in [0.1, 0.15) is 35.7 Å². The van der Waals surface area contributed by atoms with Crippen LogP contribution in [0.25, 0.3) is 0 Å². The topological polar surface area (TPSA) is 127 Å². The Morgan fingerprint density at radius 2 is 1.65 bits per heavy atom. The van der Waals surface area contributed by atoms with Crippen LogP contribution in [-0.4, -0.2) is 66.8 Å². The van der Waals surface area contributed by atoms with Gasteiger partial charge in [0.05, 0.1) is 19.8 Å². The highest BCUT2D eigenvalue weighted by atomic mass is 31.2. The Morgan fingerprint density at radius 3 is 2.38 bits per heavy atom. The third-order valence-corrected chi connectivity index (χ3v) is 8.25. The summed E-state index contributed by atoms with van der Waals surface area (Å²) in [5.74, 6) is 1.89. The third-order valence-electron chi connectivity index (χ3n) is 6.00. The number of nitrogens with one attached hydrogen (secondary N) is 1. The molecule has 0 bridgehead atoms. The maximum Gasteiger partial charge on any atom is 0.239 e. The molecule has 0 aromatic heterocycles.